The molecule has 0 atom stereocenters. The molecule has 7 nitrogen and oxygen atoms in total. The summed E-state index contributed by atoms with van der Waals surface area (Å²) in [6.45, 7) is 2.95. The summed E-state index contributed by atoms with van der Waals surface area (Å²) in [5.41, 5.74) is 3.09. The zero-order chi connectivity index (χ0) is 18.6. The van der Waals surface area contributed by atoms with Crippen molar-refractivity contribution in [2.24, 2.45) is 0 Å². The third-order valence-corrected chi connectivity index (χ3v) is 4.14. The van der Waals surface area contributed by atoms with E-state index in [9.17, 15) is 4.79 Å². The number of nitrogens with zero attached hydrogens (tertiary/aromatic N) is 3. The Bertz CT molecular complexity index is 1050. The van der Waals surface area contributed by atoms with Crippen molar-refractivity contribution in [2.45, 2.75) is 20.0 Å². The number of amides is 1. The molecule has 3 heterocycles. The molecule has 0 spiro atoms. The highest BCUT2D eigenvalue weighted by Crippen LogP contribution is 2.20. The second-order valence-corrected chi connectivity index (χ2v) is 6.29. The fraction of sp³-hybridized carbons (Fsp3) is 0.150. The summed E-state index contributed by atoms with van der Waals surface area (Å²) in [6, 6.07) is 15.5. The van der Waals surface area contributed by atoms with Gasteiger partial charge in [-0.25, -0.2) is 0 Å². The van der Waals surface area contributed by atoms with Crippen molar-refractivity contribution in [3.05, 3.63) is 83.5 Å². The Morgan fingerprint density at radius 3 is 2.81 bits per heavy atom. The van der Waals surface area contributed by atoms with E-state index in [-0.39, 0.29) is 5.91 Å². The first-order valence-electron chi connectivity index (χ1n) is 8.63. The number of rotatable bonds is 6. The normalized spacial score (nSPS) is 10.9. The molecule has 1 amide bonds. The highest BCUT2D eigenvalue weighted by Gasteiger charge is 2.13. The van der Waals surface area contributed by atoms with Crippen molar-refractivity contribution in [2.75, 3.05) is 0 Å². The second-order valence-electron chi connectivity index (χ2n) is 6.29. The molecule has 0 unspecified atom stereocenters. The Labute approximate surface area is 156 Å². The zero-order valence-corrected chi connectivity index (χ0v) is 14.8. The first-order chi connectivity index (χ1) is 13.2. The van der Waals surface area contributed by atoms with E-state index in [0.717, 1.165) is 11.3 Å². The van der Waals surface area contributed by atoms with Gasteiger partial charge in [-0.2, -0.15) is 10.2 Å². The average molecular weight is 361 g/mol. The van der Waals surface area contributed by atoms with Gasteiger partial charge in [0, 0.05) is 24.4 Å². The molecule has 0 saturated heterocycles. The molecular weight excluding hydrogens is 342 g/mol. The van der Waals surface area contributed by atoms with E-state index in [0.29, 0.717) is 30.2 Å². The molecule has 7 heteroatoms. The Hall–Kier alpha value is -3.61. The maximum Gasteiger partial charge on any atom is 0.272 e. The van der Waals surface area contributed by atoms with Gasteiger partial charge in [-0.1, -0.05) is 30.3 Å². The topological polar surface area (TPSA) is 88.7 Å². The van der Waals surface area contributed by atoms with Crippen LogP contribution in [0.2, 0.25) is 0 Å². The lowest BCUT2D eigenvalue weighted by Crippen LogP contribution is -2.22. The minimum Gasteiger partial charge on any atom is -0.460 e. The largest absolute Gasteiger partial charge is 0.460 e. The SMILES string of the molecule is Cc1ccc(-c2cc(C(=O)NCc3cnn(Cc4ccccc4)c3)n[nH]2)o1. The summed E-state index contributed by atoms with van der Waals surface area (Å²) in [6.07, 6.45) is 3.68. The molecule has 2 N–H and O–H groups in total. The van der Waals surface area contributed by atoms with Crippen molar-refractivity contribution < 1.29 is 9.21 Å². The van der Waals surface area contributed by atoms with Gasteiger partial charge in [-0.05, 0) is 24.6 Å². The van der Waals surface area contributed by atoms with Crippen LogP contribution in [0.4, 0.5) is 0 Å². The van der Waals surface area contributed by atoms with Crippen LogP contribution < -0.4 is 5.32 Å². The van der Waals surface area contributed by atoms with Crippen LogP contribution in [-0.2, 0) is 13.1 Å². The van der Waals surface area contributed by atoms with Gasteiger partial charge in [0.25, 0.3) is 5.91 Å². The number of aromatic amines is 1. The van der Waals surface area contributed by atoms with Gasteiger partial charge >= 0.3 is 0 Å². The number of aromatic nitrogens is 4. The number of hydrogen-bond acceptors (Lipinski definition) is 4. The number of hydrogen-bond donors (Lipinski definition) is 2. The smallest absolute Gasteiger partial charge is 0.272 e. The fourth-order valence-electron chi connectivity index (χ4n) is 2.77. The highest BCUT2D eigenvalue weighted by atomic mass is 16.3. The van der Waals surface area contributed by atoms with Crippen LogP contribution in [-0.4, -0.2) is 25.9 Å². The maximum atomic E-state index is 12.3. The van der Waals surface area contributed by atoms with E-state index in [1.807, 2.05) is 48.1 Å². The van der Waals surface area contributed by atoms with Gasteiger partial charge in [0.1, 0.15) is 11.5 Å². The molecule has 0 aliphatic carbocycles. The molecule has 0 aliphatic heterocycles. The summed E-state index contributed by atoms with van der Waals surface area (Å²) in [5, 5.41) is 14.1. The third kappa shape index (κ3) is 3.98. The summed E-state index contributed by atoms with van der Waals surface area (Å²) < 4.78 is 7.38. The molecule has 1 aromatic carbocycles. The molecule has 27 heavy (non-hydrogen) atoms. The first kappa shape index (κ1) is 16.8. The molecule has 3 aromatic heterocycles. The molecule has 0 saturated carbocycles. The standard InChI is InChI=1S/C20H19N5O2/c1-14-7-8-19(27-14)17-9-18(24-23-17)20(26)21-10-16-11-22-25(13-16)12-15-5-3-2-4-6-15/h2-9,11,13H,10,12H2,1H3,(H,21,26)(H,23,24). The molecule has 0 radical (unpaired) electrons. The van der Waals surface area contributed by atoms with Crippen molar-refractivity contribution in [1.82, 2.24) is 25.3 Å². The van der Waals surface area contributed by atoms with E-state index in [4.69, 9.17) is 4.42 Å². The van der Waals surface area contributed by atoms with Gasteiger partial charge in [0.05, 0.1) is 12.7 Å². The minimum absolute atomic E-state index is 0.253. The maximum absolute atomic E-state index is 12.3. The quantitative estimate of drug-likeness (QED) is 0.552. The molecule has 4 rings (SSSR count). The highest BCUT2D eigenvalue weighted by molar-refractivity contribution is 5.93. The van der Waals surface area contributed by atoms with Crippen molar-refractivity contribution in [1.29, 1.82) is 0 Å². The molecule has 136 valence electrons. The Morgan fingerprint density at radius 1 is 1.19 bits per heavy atom. The number of carbonyl (C=O) groups excluding carboxylic acids is 1. The molecule has 0 fully saturated rings. The van der Waals surface area contributed by atoms with Gasteiger partial charge in [-0.15, -0.1) is 0 Å². The Morgan fingerprint density at radius 2 is 2.04 bits per heavy atom. The van der Waals surface area contributed by atoms with Crippen LogP contribution in [0.15, 0.2) is 65.3 Å². The molecule has 4 aromatic rings. The fourth-order valence-corrected chi connectivity index (χ4v) is 2.77. The molecule has 0 bridgehead atoms. The molecular formula is C20H19N5O2. The monoisotopic (exact) mass is 361 g/mol. The lowest BCUT2D eigenvalue weighted by molar-refractivity contribution is 0.0946. The predicted molar refractivity (Wildman–Crippen MR) is 100.0 cm³/mol. The van der Waals surface area contributed by atoms with E-state index >= 15 is 0 Å². The Kier molecular flexibility index (Phi) is 4.57. The van der Waals surface area contributed by atoms with Crippen LogP contribution in [0.1, 0.15) is 27.4 Å². The Balaban J connectivity index is 1.35. The summed E-state index contributed by atoms with van der Waals surface area (Å²) in [5.74, 6) is 1.20. The van der Waals surface area contributed by atoms with E-state index in [2.05, 4.69) is 32.7 Å². The summed E-state index contributed by atoms with van der Waals surface area (Å²) >= 11 is 0. The van der Waals surface area contributed by atoms with Crippen LogP contribution in [0.25, 0.3) is 11.5 Å². The third-order valence-electron chi connectivity index (χ3n) is 4.14. The van der Waals surface area contributed by atoms with Gasteiger partial charge in [0.15, 0.2) is 11.5 Å². The van der Waals surface area contributed by atoms with Crippen molar-refractivity contribution in [3.63, 3.8) is 0 Å². The van der Waals surface area contributed by atoms with Crippen LogP contribution >= 0.6 is 0 Å². The van der Waals surface area contributed by atoms with E-state index < -0.39 is 0 Å². The predicted octanol–water partition coefficient (Wildman–Crippen LogP) is 3.15. The van der Waals surface area contributed by atoms with Gasteiger partial charge in [0.2, 0.25) is 0 Å². The second kappa shape index (κ2) is 7.33. The van der Waals surface area contributed by atoms with E-state index in [1.54, 1.807) is 12.3 Å². The summed E-state index contributed by atoms with van der Waals surface area (Å²) in [7, 11) is 0. The minimum atomic E-state index is -0.253. The number of carbonyl (C=O) groups is 1. The van der Waals surface area contributed by atoms with Crippen molar-refractivity contribution >= 4 is 5.91 Å². The van der Waals surface area contributed by atoms with Gasteiger partial charge < -0.3 is 9.73 Å². The lowest BCUT2D eigenvalue weighted by Gasteiger charge is -2.01. The lowest BCUT2D eigenvalue weighted by atomic mass is 10.2. The number of benzene rings is 1. The number of aryl methyl sites for hydroxylation is 1. The van der Waals surface area contributed by atoms with Crippen LogP contribution in [0.5, 0.6) is 0 Å². The van der Waals surface area contributed by atoms with Gasteiger partial charge in [-0.3, -0.25) is 14.6 Å². The first-order valence-corrected chi connectivity index (χ1v) is 8.63. The van der Waals surface area contributed by atoms with Crippen LogP contribution in [0, 0.1) is 6.92 Å². The zero-order valence-electron chi connectivity index (χ0n) is 14.8. The average Bonchev–Trinajstić information content (AvgIpc) is 3.41. The number of nitrogens with one attached hydrogen (secondary N) is 2. The number of furan rings is 1. The summed E-state index contributed by atoms with van der Waals surface area (Å²) in [4.78, 5) is 12.3. The molecule has 0 aliphatic rings. The van der Waals surface area contributed by atoms with Crippen molar-refractivity contribution in [3.8, 4) is 11.5 Å². The van der Waals surface area contributed by atoms with Crippen LogP contribution in [0.3, 0.4) is 0 Å². The number of H-pyrrole nitrogens is 1. The van der Waals surface area contributed by atoms with E-state index in [1.165, 1.54) is 5.56 Å².